The Labute approximate surface area is 163 Å². The molecule has 1 aliphatic carbocycles. The first-order chi connectivity index (χ1) is 13.0. The van der Waals surface area contributed by atoms with Crippen molar-refractivity contribution >= 4 is 39.6 Å². The zero-order valence-electron chi connectivity index (χ0n) is 14.8. The lowest BCUT2D eigenvalue weighted by Crippen LogP contribution is -2.16. The number of ether oxygens (including phenoxy) is 1. The summed E-state index contributed by atoms with van der Waals surface area (Å²) >= 11 is 2.88. The molecule has 0 unspecified atom stereocenters. The largest absolute Gasteiger partial charge is 0.452 e. The van der Waals surface area contributed by atoms with E-state index in [1.807, 2.05) is 31.4 Å². The Morgan fingerprint density at radius 1 is 1.37 bits per heavy atom. The van der Waals surface area contributed by atoms with Gasteiger partial charge < -0.3 is 14.6 Å². The van der Waals surface area contributed by atoms with Crippen LogP contribution in [0.25, 0.3) is 10.7 Å². The minimum Gasteiger partial charge on any atom is -0.452 e. The van der Waals surface area contributed by atoms with Gasteiger partial charge in [0.1, 0.15) is 5.00 Å². The lowest BCUT2D eigenvalue weighted by atomic mass is 10.1. The molecule has 0 bridgehead atoms. The van der Waals surface area contributed by atoms with Crippen molar-refractivity contribution in [3.8, 4) is 10.7 Å². The molecule has 4 rings (SSSR count). The van der Waals surface area contributed by atoms with Crippen molar-refractivity contribution in [2.45, 2.75) is 33.3 Å². The third-order valence-corrected chi connectivity index (χ3v) is 6.30. The number of amides is 1. The highest BCUT2D eigenvalue weighted by Gasteiger charge is 2.31. The molecule has 9 heteroatoms. The molecule has 0 saturated heterocycles. The number of thiophene rings is 2. The van der Waals surface area contributed by atoms with Crippen LogP contribution in [0.1, 0.15) is 39.5 Å². The van der Waals surface area contributed by atoms with Gasteiger partial charge in [0.2, 0.25) is 11.7 Å². The number of carbonyl (C=O) groups is 2. The predicted molar refractivity (Wildman–Crippen MR) is 102 cm³/mol. The van der Waals surface area contributed by atoms with Crippen LogP contribution in [0.5, 0.6) is 0 Å². The maximum Gasteiger partial charge on any atom is 0.341 e. The molecular formula is C18H17N3O4S2. The molecule has 3 aromatic rings. The molecule has 0 spiro atoms. The predicted octanol–water partition coefficient (Wildman–Crippen LogP) is 4.18. The highest BCUT2D eigenvalue weighted by atomic mass is 32.1. The minimum absolute atomic E-state index is 0.0391. The SMILES string of the molecule is Cc1sc(NC(=O)C2CC2)c(C(=O)OCc2nc(-c3cccs3)no2)c1C. The molecule has 1 amide bonds. The van der Waals surface area contributed by atoms with Gasteiger partial charge in [-0.3, -0.25) is 4.79 Å². The summed E-state index contributed by atoms with van der Waals surface area (Å²) in [5, 5.41) is 9.22. The van der Waals surface area contributed by atoms with E-state index in [9.17, 15) is 9.59 Å². The lowest BCUT2D eigenvalue weighted by Gasteiger charge is -2.06. The number of aromatic nitrogens is 2. The molecule has 1 aliphatic rings. The van der Waals surface area contributed by atoms with Crippen molar-refractivity contribution in [2.24, 2.45) is 5.92 Å². The van der Waals surface area contributed by atoms with Gasteiger partial charge in [0, 0.05) is 10.8 Å². The number of rotatable bonds is 6. The van der Waals surface area contributed by atoms with Gasteiger partial charge in [-0.25, -0.2) is 4.79 Å². The number of esters is 1. The van der Waals surface area contributed by atoms with E-state index in [1.54, 1.807) is 0 Å². The van der Waals surface area contributed by atoms with Crippen molar-refractivity contribution in [2.75, 3.05) is 5.32 Å². The van der Waals surface area contributed by atoms with E-state index in [2.05, 4.69) is 15.5 Å². The van der Waals surface area contributed by atoms with E-state index in [0.29, 0.717) is 16.4 Å². The maximum absolute atomic E-state index is 12.6. The molecule has 3 aromatic heterocycles. The Kier molecular flexibility index (Phi) is 4.79. The quantitative estimate of drug-likeness (QED) is 0.621. The van der Waals surface area contributed by atoms with Gasteiger partial charge in [-0.2, -0.15) is 4.98 Å². The number of hydrogen-bond donors (Lipinski definition) is 1. The third kappa shape index (κ3) is 3.79. The monoisotopic (exact) mass is 403 g/mol. The Morgan fingerprint density at radius 3 is 2.89 bits per heavy atom. The molecule has 140 valence electrons. The van der Waals surface area contributed by atoms with E-state index < -0.39 is 5.97 Å². The van der Waals surface area contributed by atoms with Gasteiger partial charge in [-0.05, 0) is 43.7 Å². The minimum atomic E-state index is -0.515. The number of anilines is 1. The van der Waals surface area contributed by atoms with Crippen LogP contribution < -0.4 is 5.32 Å². The van der Waals surface area contributed by atoms with E-state index in [-0.39, 0.29) is 24.3 Å². The summed E-state index contributed by atoms with van der Waals surface area (Å²) in [5.41, 5.74) is 1.20. The van der Waals surface area contributed by atoms with Gasteiger partial charge >= 0.3 is 5.97 Å². The molecule has 7 nitrogen and oxygen atoms in total. The standard InChI is InChI=1S/C18H17N3O4S2/c1-9-10(2)27-17(20-16(22)11-5-6-11)14(9)18(23)24-8-13-19-15(21-25-13)12-4-3-7-26-12/h3-4,7,11H,5-6,8H2,1-2H3,(H,20,22). The molecule has 0 radical (unpaired) electrons. The molecule has 0 aromatic carbocycles. The fourth-order valence-corrected chi connectivity index (χ4v) is 4.24. The maximum atomic E-state index is 12.6. The average Bonchev–Trinajstić information content (AvgIpc) is 3.04. The Hall–Kier alpha value is -2.52. The Bertz CT molecular complexity index is 987. The molecule has 0 atom stereocenters. The van der Waals surface area contributed by atoms with Gasteiger partial charge in [0.15, 0.2) is 6.61 Å². The fraction of sp³-hybridized carbons (Fsp3) is 0.333. The summed E-state index contributed by atoms with van der Waals surface area (Å²) in [6, 6.07) is 3.78. The highest BCUT2D eigenvalue weighted by Crippen LogP contribution is 2.36. The van der Waals surface area contributed by atoms with Crippen molar-refractivity contribution < 1.29 is 18.8 Å². The van der Waals surface area contributed by atoms with Crippen molar-refractivity contribution in [3.63, 3.8) is 0 Å². The number of aryl methyl sites for hydroxylation is 1. The van der Waals surface area contributed by atoms with E-state index in [1.165, 1.54) is 22.7 Å². The van der Waals surface area contributed by atoms with Gasteiger partial charge in [-0.1, -0.05) is 11.2 Å². The number of hydrogen-bond acceptors (Lipinski definition) is 8. The van der Waals surface area contributed by atoms with Crippen LogP contribution in [-0.2, 0) is 16.1 Å². The first-order valence-corrected chi connectivity index (χ1v) is 10.2. The second kappa shape index (κ2) is 7.24. The normalized spacial score (nSPS) is 13.6. The van der Waals surface area contributed by atoms with Crippen LogP contribution in [-0.4, -0.2) is 22.0 Å². The summed E-state index contributed by atoms with van der Waals surface area (Å²) in [5.74, 6) is 0.197. The second-order valence-corrected chi connectivity index (χ2v) is 8.49. The lowest BCUT2D eigenvalue weighted by molar-refractivity contribution is -0.117. The molecule has 1 fully saturated rings. The molecule has 3 heterocycles. The van der Waals surface area contributed by atoms with Gasteiger partial charge in [-0.15, -0.1) is 22.7 Å². The van der Waals surface area contributed by atoms with Gasteiger partial charge in [0.25, 0.3) is 5.89 Å². The van der Waals surface area contributed by atoms with Crippen LogP contribution in [0.3, 0.4) is 0 Å². The fourth-order valence-electron chi connectivity index (χ4n) is 2.54. The number of nitrogens with one attached hydrogen (secondary N) is 1. The van der Waals surface area contributed by atoms with Crippen molar-refractivity contribution in [3.05, 3.63) is 39.4 Å². The summed E-state index contributed by atoms with van der Waals surface area (Å²) < 4.78 is 10.5. The van der Waals surface area contributed by atoms with Gasteiger partial charge in [0.05, 0.1) is 10.4 Å². The zero-order valence-corrected chi connectivity index (χ0v) is 16.4. The smallest absolute Gasteiger partial charge is 0.341 e. The zero-order chi connectivity index (χ0) is 19.0. The summed E-state index contributed by atoms with van der Waals surface area (Å²) in [7, 11) is 0. The van der Waals surface area contributed by atoms with Crippen LogP contribution in [0.2, 0.25) is 0 Å². The second-order valence-electron chi connectivity index (χ2n) is 6.32. The van der Waals surface area contributed by atoms with Crippen molar-refractivity contribution in [1.29, 1.82) is 0 Å². The number of nitrogens with zero attached hydrogens (tertiary/aromatic N) is 2. The third-order valence-electron chi connectivity index (χ3n) is 4.31. The van der Waals surface area contributed by atoms with E-state index in [4.69, 9.17) is 9.26 Å². The first-order valence-electron chi connectivity index (χ1n) is 8.47. The first kappa shape index (κ1) is 17.9. The highest BCUT2D eigenvalue weighted by molar-refractivity contribution is 7.16. The van der Waals surface area contributed by atoms with Crippen LogP contribution in [0.4, 0.5) is 5.00 Å². The Morgan fingerprint density at radius 2 is 2.19 bits per heavy atom. The Balaban J connectivity index is 1.45. The number of carbonyl (C=O) groups excluding carboxylic acids is 2. The molecule has 1 N–H and O–H groups in total. The van der Waals surface area contributed by atoms with Crippen LogP contribution in [0, 0.1) is 19.8 Å². The molecule has 0 aliphatic heterocycles. The topological polar surface area (TPSA) is 94.3 Å². The summed E-state index contributed by atoms with van der Waals surface area (Å²) in [4.78, 5) is 30.8. The van der Waals surface area contributed by atoms with Crippen molar-refractivity contribution in [1.82, 2.24) is 10.1 Å². The summed E-state index contributed by atoms with van der Waals surface area (Å²) in [6.07, 6.45) is 1.80. The summed E-state index contributed by atoms with van der Waals surface area (Å²) in [6.45, 7) is 3.63. The molecule has 27 heavy (non-hydrogen) atoms. The average molecular weight is 403 g/mol. The van der Waals surface area contributed by atoms with E-state index >= 15 is 0 Å². The molecular weight excluding hydrogens is 386 g/mol. The molecule has 1 saturated carbocycles. The van der Waals surface area contributed by atoms with Crippen LogP contribution >= 0.6 is 22.7 Å². The van der Waals surface area contributed by atoms with Crippen LogP contribution in [0.15, 0.2) is 22.0 Å². The van der Waals surface area contributed by atoms with E-state index in [0.717, 1.165) is 28.2 Å².